The van der Waals surface area contributed by atoms with Crippen molar-refractivity contribution in [2.24, 2.45) is 0 Å². The summed E-state index contributed by atoms with van der Waals surface area (Å²) in [7, 11) is 2.47. The third-order valence-electron chi connectivity index (χ3n) is 2.89. The summed E-state index contributed by atoms with van der Waals surface area (Å²) in [4.78, 5) is 23.5. The molecule has 0 spiro atoms. The third-order valence-corrected chi connectivity index (χ3v) is 2.89. The van der Waals surface area contributed by atoms with Crippen LogP contribution in [0, 0.1) is 0 Å². The van der Waals surface area contributed by atoms with E-state index in [1.807, 2.05) is 13.8 Å². The van der Waals surface area contributed by atoms with Crippen molar-refractivity contribution in [1.82, 2.24) is 0 Å². The van der Waals surface area contributed by atoms with Gasteiger partial charge in [0.05, 0.1) is 25.3 Å². The number of benzene rings is 1. The molecule has 23 heavy (non-hydrogen) atoms. The molecule has 0 saturated heterocycles. The van der Waals surface area contributed by atoms with E-state index in [4.69, 9.17) is 14.2 Å². The van der Waals surface area contributed by atoms with Gasteiger partial charge in [-0.1, -0.05) is 0 Å². The Morgan fingerprint density at radius 2 is 1.52 bits per heavy atom. The van der Waals surface area contributed by atoms with Crippen LogP contribution in [0.1, 0.15) is 34.6 Å². The van der Waals surface area contributed by atoms with E-state index in [0.717, 1.165) is 0 Å². The summed E-state index contributed by atoms with van der Waals surface area (Å²) >= 11 is 0. The summed E-state index contributed by atoms with van der Waals surface area (Å²) in [6.07, 6.45) is -0.508. The molecule has 0 saturated carbocycles. The second-order valence-corrected chi connectivity index (χ2v) is 4.34. The Kier molecular flexibility index (Phi) is 8.07. The van der Waals surface area contributed by atoms with Crippen molar-refractivity contribution < 1.29 is 33.3 Å². The van der Waals surface area contributed by atoms with Gasteiger partial charge in [-0.2, -0.15) is 0 Å². The molecule has 0 aliphatic rings. The Labute approximate surface area is 135 Å². The molecule has 1 aromatic carbocycles. The van der Waals surface area contributed by atoms with E-state index in [0.29, 0.717) is 19.0 Å². The summed E-state index contributed by atoms with van der Waals surface area (Å²) in [5, 5.41) is 0. The topological polar surface area (TPSA) is 80.3 Å². The molecule has 0 radical (unpaired) electrons. The fraction of sp³-hybridized carbons (Fsp3) is 0.500. The third kappa shape index (κ3) is 5.54. The van der Waals surface area contributed by atoms with Gasteiger partial charge in [0.1, 0.15) is 12.4 Å². The quantitative estimate of drug-likeness (QED) is 0.507. The molecule has 7 heteroatoms. The summed E-state index contributed by atoms with van der Waals surface area (Å²) in [6.45, 7) is 4.84. The molecule has 0 atom stereocenters. The molecule has 1 rings (SSSR count). The van der Waals surface area contributed by atoms with Crippen LogP contribution < -0.4 is 4.74 Å². The van der Waals surface area contributed by atoms with Gasteiger partial charge < -0.3 is 23.7 Å². The van der Waals surface area contributed by atoms with E-state index in [1.165, 1.54) is 26.4 Å². The monoisotopic (exact) mass is 326 g/mol. The number of hydrogen-bond acceptors (Lipinski definition) is 7. The Morgan fingerprint density at radius 3 is 2.04 bits per heavy atom. The molecule has 0 unspecified atom stereocenters. The van der Waals surface area contributed by atoms with Crippen molar-refractivity contribution in [3.8, 4) is 5.75 Å². The lowest BCUT2D eigenvalue weighted by Gasteiger charge is -2.18. The van der Waals surface area contributed by atoms with Gasteiger partial charge in [-0.3, -0.25) is 0 Å². The summed E-state index contributed by atoms with van der Waals surface area (Å²) in [5.74, 6) is -0.886. The van der Waals surface area contributed by atoms with Gasteiger partial charge >= 0.3 is 11.9 Å². The number of ether oxygens (including phenoxy) is 5. The molecule has 0 aliphatic heterocycles. The highest BCUT2D eigenvalue weighted by molar-refractivity contribution is 6.03. The van der Waals surface area contributed by atoms with Crippen molar-refractivity contribution in [3.05, 3.63) is 29.3 Å². The van der Waals surface area contributed by atoms with Crippen LogP contribution in [0.25, 0.3) is 0 Å². The van der Waals surface area contributed by atoms with Crippen LogP contribution in [-0.4, -0.2) is 52.3 Å². The molecular formula is C16H22O7. The van der Waals surface area contributed by atoms with Crippen LogP contribution in [0.3, 0.4) is 0 Å². The highest BCUT2D eigenvalue weighted by Gasteiger charge is 2.20. The van der Waals surface area contributed by atoms with Crippen LogP contribution >= 0.6 is 0 Å². The van der Waals surface area contributed by atoms with Crippen LogP contribution in [0.15, 0.2) is 18.2 Å². The fourth-order valence-corrected chi connectivity index (χ4v) is 1.86. The highest BCUT2D eigenvalue weighted by atomic mass is 16.7. The van der Waals surface area contributed by atoms with E-state index in [9.17, 15) is 9.59 Å². The van der Waals surface area contributed by atoms with Crippen molar-refractivity contribution in [3.63, 3.8) is 0 Å². The Morgan fingerprint density at radius 1 is 0.957 bits per heavy atom. The molecule has 0 heterocycles. The summed E-state index contributed by atoms with van der Waals surface area (Å²) < 4.78 is 25.6. The second-order valence-electron chi connectivity index (χ2n) is 4.34. The zero-order valence-corrected chi connectivity index (χ0v) is 13.8. The Hall–Kier alpha value is -2.12. The lowest BCUT2D eigenvalue weighted by molar-refractivity contribution is -0.152. The van der Waals surface area contributed by atoms with E-state index in [2.05, 4.69) is 9.47 Å². The van der Waals surface area contributed by atoms with Crippen molar-refractivity contribution in [1.29, 1.82) is 0 Å². The maximum absolute atomic E-state index is 11.8. The lowest BCUT2D eigenvalue weighted by atomic mass is 10.1. The van der Waals surface area contributed by atoms with Crippen molar-refractivity contribution >= 4 is 11.9 Å². The normalized spacial score (nSPS) is 10.5. The largest absolute Gasteiger partial charge is 0.488 e. The molecule has 0 aliphatic carbocycles. The molecule has 1 aromatic rings. The molecule has 128 valence electrons. The van der Waals surface area contributed by atoms with Gasteiger partial charge in [-0.15, -0.1) is 0 Å². The number of carbonyl (C=O) groups is 2. The molecule has 0 fully saturated rings. The van der Waals surface area contributed by atoms with Gasteiger partial charge in [-0.25, -0.2) is 9.59 Å². The highest BCUT2D eigenvalue weighted by Crippen LogP contribution is 2.20. The van der Waals surface area contributed by atoms with Crippen LogP contribution in [0.4, 0.5) is 0 Å². The average molecular weight is 326 g/mol. The number of rotatable bonds is 9. The number of carbonyl (C=O) groups excluding carboxylic acids is 2. The smallest absolute Gasteiger partial charge is 0.338 e. The number of esters is 2. The predicted molar refractivity (Wildman–Crippen MR) is 81.7 cm³/mol. The van der Waals surface area contributed by atoms with Gasteiger partial charge in [0.25, 0.3) is 0 Å². The second kappa shape index (κ2) is 9.81. The maximum Gasteiger partial charge on any atom is 0.338 e. The fourth-order valence-electron chi connectivity index (χ4n) is 1.86. The summed E-state index contributed by atoms with van der Waals surface area (Å²) in [5.41, 5.74) is 0.180. The summed E-state index contributed by atoms with van der Waals surface area (Å²) in [6, 6.07) is 4.43. The zero-order valence-electron chi connectivity index (χ0n) is 13.8. The Balaban J connectivity index is 2.92. The molecule has 0 N–H and O–H groups in total. The van der Waals surface area contributed by atoms with E-state index < -0.39 is 18.2 Å². The van der Waals surface area contributed by atoms with E-state index >= 15 is 0 Å². The minimum atomic E-state index is -0.651. The van der Waals surface area contributed by atoms with E-state index in [1.54, 1.807) is 6.07 Å². The first-order chi connectivity index (χ1) is 11.1. The van der Waals surface area contributed by atoms with Crippen molar-refractivity contribution in [2.75, 3.05) is 34.0 Å². The van der Waals surface area contributed by atoms with E-state index in [-0.39, 0.29) is 17.7 Å². The average Bonchev–Trinajstić information content (AvgIpc) is 2.58. The van der Waals surface area contributed by atoms with Crippen LogP contribution in [-0.2, 0) is 18.9 Å². The molecule has 7 nitrogen and oxygen atoms in total. The minimum absolute atomic E-state index is 0.0706. The van der Waals surface area contributed by atoms with Gasteiger partial charge in [0, 0.05) is 13.2 Å². The lowest BCUT2D eigenvalue weighted by Crippen LogP contribution is -2.25. The SMILES string of the molecule is CCOC(COc1ccc(C(=O)OC)c(C(=O)OC)c1)OCC. The zero-order chi connectivity index (χ0) is 17.2. The first-order valence-electron chi connectivity index (χ1n) is 7.24. The molecule has 0 aromatic heterocycles. The minimum Gasteiger partial charge on any atom is -0.488 e. The van der Waals surface area contributed by atoms with Crippen LogP contribution in [0.5, 0.6) is 5.75 Å². The standard InChI is InChI=1S/C16H22O7/c1-5-21-14(22-6-2)10-23-11-7-8-12(15(17)19-3)13(9-11)16(18)20-4/h7-9,14H,5-6,10H2,1-4H3. The first-order valence-corrected chi connectivity index (χ1v) is 7.24. The molecule has 0 amide bonds. The number of hydrogen-bond donors (Lipinski definition) is 0. The van der Waals surface area contributed by atoms with Crippen LogP contribution in [0.2, 0.25) is 0 Å². The van der Waals surface area contributed by atoms with Gasteiger partial charge in [-0.05, 0) is 32.0 Å². The van der Waals surface area contributed by atoms with Gasteiger partial charge in [0.15, 0.2) is 6.29 Å². The first kappa shape index (κ1) is 18.9. The molecular weight excluding hydrogens is 304 g/mol. The molecule has 0 bridgehead atoms. The van der Waals surface area contributed by atoms with Gasteiger partial charge in [0.2, 0.25) is 0 Å². The van der Waals surface area contributed by atoms with Crippen molar-refractivity contribution in [2.45, 2.75) is 20.1 Å². The Bertz CT molecular complexity index is 521. The predicted octanol–water partition coefficient (Wildman–Crippen LogP) is 2.04. The number of methoxy groups -OCH3 is 2. The maximum atomic E-state index is 11.8.